The van der Waals surface area contributed by atoms with Gasteiger partial charge in [-0.3, -0.25) is 0 Å². The number of para-hydroxylation sites is 1. The van der Waals surface area contributed by atoms with E-state index in [4.69, 9.17) is 4.98 Å². The standard InChI is InChI=1S/C30H31N/c1-6-30(5,7-2)26-18-22-21-13-9-10-14-24(21)29(3,4)25(22)19-23(26)28-17-16-20-12-8-11-15-27(20)31-28/h8-19H,6-7H2,1-5H3. The van der Waals surface area contributed by atoms with Crippen molar-refractivity contribution in [3.63, 3.8) is 0 Å². The first-order chi connectivity index (χ1) is 14.9. The molecule has 0 radical (unpaired) electrons. The highest BCUT2D eigenvalue weighted by molar-refractivity contribution is 5.87. The van der Waals surface area contributed by atoms with E-state index in [1.807, 2.05) is 0 Å². The minimum atomic E-state index is -0.00904. The van der Waals surface area contributed by atoms with Crippen molar-refractivity contribution in [3.05, 3.63) is 89.5 Å². The van der Waals surface area contributed by atoms with E-state index >= 15 is 0 Å². The van der Waals surface area contributed by atoms with Crippen LogP contribution in [0.25, 0.3) is 33.3 Å². The molecule has 1 aliphatic carbocycles. The van der Waals surface area contributed by atoms with E-state index in [1.165, 1.54) is 38.8 Å². The lowest BCUT2D eigenvalue weighted by Gasteiger charge is -2.31. The number of hydrogen-bond acceptors (Lipinski definition) is 1. The van der Waals surface area contributed by atoms with E-state index in [2.05, 4.69) is 107 Å². The first-order valence-electron chi connectivity index (χ1n) is 11.5. The van der Waals surface area contributed by atoms with Crippen LogP contribution in [0.1, 0.15) is 64.2 Å². The van der Waals surface area contributed by atoms with Crippen LogP contribution in [0.15, 0.2) is 72.8 Å². The number of nitrogens with zero attached hydrogens (tertiary/aromatic N) is 1. The Bertz CT molecular complexity index is 1290. The van der Waals surface area contributed by atoms with E-state index in [0.717, 1.165) is 24.1 Å². The van der Waals surface area contributed by atoms with Gasteiger partial charge < -0.3 is 0 Å². The second-order valence-corrected chi connectivity index (χ2v) is 9.77. The minimum Gasteiger partial charge on any atom is -0.248 e. The lowest BCUT2D eigenvalue weighted by molar-refractivity contribution is 0.440. The number of rotatable bonds is 4. The van der Waals surface area contributed by atoms with Crippen LogP contribution in [-0.2, 0) is 10.8 Å². The van der Waals surface area contributed by atoms with Gasteiger partial charge in [0.25, 0.3) is 0 Å². The fourth-order valence-electron chi connectivity index (χ4n) is 5.31. The maximum Gasteiger partial charge on any atom is 0.0712 e. The number of benzene rings is 3. The molecule has 0 unspecified atom stereocenters. The van der Waals surface area contributed by atoms with Crippen LogP contribution in [0.5, 0.6) is 0 Å². The molecule has 0 fully saturated rings. The normalized spacial score (nSPS) is 14.5. The molecule has 0 bridgehead atoms. The molecule has 1 aromatic heterocycles. The van der Waals surface area contributed by atoms with Gasteiger partial charge in [0.05, 0.1) is 11.2 Å². The van der Waals surface area contributed by atoms with Gasteiger partial charge in [0, 0.05) is 16.4 Å². The third-order valence-electron chi connectivity index (χ3n) is 7.81. The Morgan fingerprint density at radius 2 is 1.45 bits per heavy atom. The van der Waals surface area contributed by atoms with Crippen LogP contribution in [0.2, 0.25) is 0 Å². The summed E-state index contributed by atoms with van der Waals surface area (Å²) < 4.78 is 0. The molecule has 0 saturated carbocycles. The summed E-state index contributed by atoms with van der Waals surface area (Å²) in [6.07, 6.45) is 2.21. The Labute approximate surface area is 186 Å². The maximum atomic E-state index is 5.11. The number of fused-ring (bicyclic) bond motifs is 4. The van der Waals surface area contributed by atoms with Gasteiger partial charge in [-0.15, -0.1) is 0 Å². The van der Waals surface area contributed by atoms with Crippen molar-refractivity contribution in [1.82, 2.24) is 4.98 Å². The molecule has 3 aromatic carbocycles. The molecule has 5 rings (SSSR count). The van der Waals surface area contributed by atoms with E-state index in [1.54, 1.807) is 0 Å². The van der Waals surface area contributed by atoms with E-state index in [9.17, 15) is 0 Å². The monoisotopic (exact) mass is 405 g/mol. The quantitative estimate of drug-likeness (QED) is 0.333. The molecule has 0 N–H and O–H groups in total. The van der Waals surface area contributed by atoms with Gasteiger partial charge in [-0.2, -0.15) is 0 Å². The van der Waals surface area contributed by atoms with E-state index in [0.29, 0.717) is 0 Å². The fourth-order valence-corrected chi connectivity index (χ4v) is 5.31. The molecule has 1 heterocycles. The summed E-state index contributed by atoms with van der Waals surface area (Å²) >= 11 is 0. The van der Waals surface area contributed by atoms with Crippen molar-refractivity contribution < 1.29 is 0 Å². The number of pyridine rings is 1. The van der Waals surface area contributed by atoms with Gasteiger partial charge in [0.2, 0.25) is 0 Å². The summed E-state index contributed by atoms with van der Waals surface area (Å²) in [5, 5.41) is 1.19. The zero-order valence-corrected chi connectivity index (χ0v) is 19.3. The van der Waals surface area contributed by atoms with Gasteiger partial charge in [0.15, 0.2) is 0 Å². The Morgan fingerprint density at radius 3 is 2.23 bits per heavy atom. The number of hydrogen-bond donors (Lipinski definition) is 0. The molecule has 0 spiro atoms. The summed E-state index contributed by atoms with van der Waals surface area (Å²) in [6.45, 7) is 11.7. The zero-order valence-electron chi connectivity index (χ0n) is 19.3. The van der Waals surface area contributed by atoms with Crippen LogP contribution in [0.4, 0.5) is 0 Å². The summed E-state index contributed by atoms with van der Waals surface area (Å²) in [6, 6.07) is 26.7. The average Bonchev–Trinajstić information content (AvgIpc) is 3.04. The molecule has 1 nitrogen and oxygen atoms in total. The van der Waals surface area contributed by atoms with Crippen molar-refractivity contribution in [2.75, 3.05) is 0 Å². The maximum absolute atomic E-state index is 5.11. The van der Waals surface area contributed by atoms with Crippen LogP contribution in [0, 0.1) is 0 Å². The van der Waals surface area contributed by atoms with Gasteiger partial charge in [-0.05, 0) is 70.3 Å². The average molecular weight is 406 g/mol. The Kier molecular flexibility index (Phi) is 4.55. The third kappa shape index (κ3) is 2.94. The smallest absolute Gasteiger partial charge is 0.0712 e. The highest BCUT2D eigenvalue weighted by atomic mass is 14.7. The predicted octanol–water partition coefficient (Wildman–Crippen LogP) is 8.29. The van der Waals surface area contributed by atoms with Crippen molar-refractivity contribution in [3.8, 4) is 22.4 Å². The lowest BCUT2D eigenvalue weighted by atomic mass is 9.73. The molecule has 4 aromatic rings. The van der Waals surface area contributed by atoms with E-state index < -0.39 is 0 Å². The second-order valence-electron chi connectivity index (χ2n) is 9.77. The SMILES string of the molecule is CCC(C)(CC)c1cc2c(cc1-c1ccc3ccccc3n1)C(C)(C)c1ccccc1-2. The minimum absolute atomic E-state index is 0.00904. The summed E-state index contributed by atoms with van der Waals surface area (Å²) in [4.78, 5) is 5.11. The largest absolute Gasteiger partial charge is 0.248 e. The highest BCUT2D eigenvalue weighted by Gasteiger charge is 2.38. The van der Waals surface area contributed by atoms with Crippen molar-refractivity contribution in [1.29, 1.82) is 0 Å². The zero-order chi connectivity index (χ0) is 21.8. The molecule has 1 heteroatoms. The van der Waals surface area contributed by atoms with Crippen molar-refractivity contribution >= 4 is 10.9 Å². The topological polar surface area (TPSA) is 12.9 Å². The Balaban J connectivity index is 1.83. The highest BCUT2D eigenvalue weighted by Crippen LogP contribution is 2.52. The molecular weight excluding hydrogens is 374 g/mol. The van der Waals surface area contributed by atoms with Crippen LogP contribution in [-0.4, -0.2) is 4.98 Å². The number of aromatic nitrogens is 1. The van der Waals surface area contributed by atoms with Crippen LogP contribution < -0.4 is 0 Å². The van der Waals surface area contributed by atoms with Crippen LogP contribution in [0.3, 0.4) is 0 Å². The predicted molar refractivity (Wildman–Crippen MR) is 133 cm³/mol. The third-order valence-corrected chi connectivity index (χ3v) is 7.81. The first-order valence-corrected chi connectivity index (χ1v) is 11.5. The Hall–Kier alpha value is -2.93. The summed E-state index contributed by atoms with van der Waals surface area (Å²) in [7, 11) is 0. The van der Waals surface area contributed by atoms with Gasteiger partial charge in [-0.1, -0.05) is 83.1 Å². The molecule has 0 amide bonds. The summed E-state index contributed by atoms with van der Waals surface area (Å²) in [5.41, 5.74) is 10.6. The van der Waals surface area contributed by atoms with Gasteiger partial charge >= 0.3 is 0 Å². The molecule has 0 saturated heterocycles. The molecule has 156 valence electrons. The van der Waals surface area contributed by atoms with Crippen molar-refractivity contribution in [2.45, 2.75) is 58.3 Å². The molecule has 0 atom stereocenters. The molecule has 1 aliphatic rings. The van der Waals surface area contributed by atoms with Crippen molar-refractivity contribution in [2.24, 2.45) is 0 Å². The molecular formula is C30H31N. The van der Waals surface area contributed by atoms with Gasteiger partial charge in [-0.25, -0.2) is 4.98 Å². The fraction of sp³-hybridized carbons (Fsp3) is 0.300. The first kappa shape index (κ1) is 20.0. The van der Waals surface area contributed by atoms with E-state index in [-0.39, 0.29) is 10.8 Å². The Morgan fingerprint density at radius 1 is 0.742 bits per heavy atom. The lowest BCUT2D eigenvalue weighted by Crippen LogP contribution is -2.22. The summed E-state index contributed by atoms with van der Waals surface area (Å²) in [5.74, 6) is 0. The molecule has 31 heavy (non-hydrogen) atoms. The molecule has 0 aliphatic heterocycles. The van der Waals surface area contributed by atoms with Crippen LogP contribution >= 0.6 is 0 Å². The van der Waals surface area contributed by atoms with Gasteiger partial charge in [0.1, 0.15) is 0 Å². The second kappa shape index (κ2) is 7.05.